The molecule has 0 radical (unpaired) electrons. The van der Waals surface area contributed by atoms with Gasteiger partial charge in [0.05, 0.1) is 24.9 Å². The van der Waals surface area contributed by atoms with E-state index in [4.69, 9.17) is 4.74 Å². The molecule has 0 bridgehead atoms. The van der Waals surface area contributed by atoms with Crippen LogP contribution in [-0.2, 0) is 16.7 Å². The third-order valence-electron chi connectivity index (χ3n) is 4.44. The highest BCUT2D eigenvalue weighted by molar-refractivity contribution is 5.83. The fourth-order valence-electron chi connectivity index (χ4n) is 3.20. The van der Waals surface area contributed by atoms with Crippen LogP contribution in [0.2, 0.25) is 0 Å². The maximum absolute atomic E-state index is 5.40. The molecule has 0 N–H and O–H groups in total. The normalized spacial score (nSPS) is 17.2. The first kappa shape index (κ1) is 15.5. The fraction of sp³-hybridized carbons (Fsp3) is 0.611. The van der Waals surface area contributed by atoms with Crippen molar-refractivity contribution < 1.29 is 4.74 Å². The Morgan fingerprint density at radius 2 is 1.91 bits per heavy atom. The van der Waals surface area contributed by atoms with Crippen LogP contribution < -0.4 is 0 Å². The molecule has 0 saturated carbocycles. The van der Waals surface area contributed by atoms with E-state index in [2.05, 4.69) is 53.7 Å². The summed E-state index contributed by atoms with van der Waals surface area (Å²) in [5.41, 5.74) is 2.79. The molecule has 1 aliphatic heterocycles. The molecule has 1 aromatic heterocycles. The van der Waals surface area contributed by atoms with Crippen molar-refractivity contribution in [3.05, 3.63) is 30.0 Å². The molecule has 0 amide bonds. The molecule has 0 unspecified atom stereocenters. The zero-order chi connectivity index (χ0) is 15.6. The van der Waals surface area contributed by atoms with Gasteiger partial charge in [-0.1, -0.05) is 32.9 Å². The van der Waals surface area contributed by atoms with E-state index in [-0.39, 0.29) is 5.41 Å². The Kier molecular flexibility index (Phi) is 4.50. The van der Waals surface area contributed by atoms with Gasteiger partial charge in [0.1, 0.15) is 0 Å². The molecular weight excluding hydrogens is 274 g/mol. The van der Waals surface area contributed by atoms with Gasteiger partial charge >= 0.3 is 0 Å². The number of fused-ring (bicyclic) bond motifs is 1. The lowest BCUT2D eigenvalue weighted by molar-refractivity contribution is 0.0368. The lowest BCUT2D eigenvalue weighted by Gasteiger charge is -2.26. The number of nitrogens with zero attached hydrogens (tertiary/aromatic N) is 3. The monoisotopic (exact) mass is 301 g/mol. The third-order valence-corrected chi connectivity index (χ3v) is 4.44. The summed E-state index contributed by atoms with van der Waals surface area (Å²) in [6.07, 6.45) is 3.17. The number of benzene rings is 1. The molecule has 1 saturated heterocycles. The molecule has 3 rings (SSSR count). The molecule has 2 aromatic rings. The summed E-state index contributed by atoms with van der Waals surface area (Å²) in [5.74, 6) is 0. The predicted octanol–water partition coefficient (Wildman–Crippen LogP) is 3.06. The summed E-state index contributed by atoms with van der Waals surface area (Å²) >= 11 is 0. The van der Waals surface area contributed by atoms with Crippen molar-refractivity contribution in [3.63, 3.8) is 0 Å². The number of aromatic nitrogens is 2. The molecule has 4 heteroatoms. The van der Waals surface area contributed by atoms with Gasteiger partial charge in [0.25, 0.3) is 0 Å². The standard InChI is InChI=1S/C18H27N3O/c1-18(2,3)16-6-4-7-17-15(16)14-19-21(17)9-5-8-20-10-12-22-13-11-20/h4,6-7,14H,5,8-13H2,1-3H3. The highest BCUT2D eigenvalue weighted by Crippen LogP contribution is 2.29. The van der Waals surface area contributed by atoms with Crippen LogP contribution in [0.25, 0.3) is 10.9 Å². The molecular formula is C18H27N3O. The summed E-state index contributed by atoms with van der Waals surface area (Å²) in [7, 11) is 0. The maximum Gasteiger partial charge on any atom is 0.0685 e. The van der Waals surface area contributed by atoms with Crippen molar-refractivity contribution in [2.24, 2.45) is 0 Å². The van der Waals surface area contributed by atoms with E-state index < -0.39 is 0 Å². The minimum Gasteiger partial charge on any atom is -0.379 e. The second-order valence-electron chi connectivity index (χ2n) is 7.16. The van der Waals surface area contributed by atoms with Gasteiger partial charge in [-0.05, 0) is 23.5 Å². The van der Waals surface area contributed by atoms with Crippen molar-refractivity contribution >= 4 is 10.9 Å². The Labute approximate surface area is 133 Å². The summed E-state index contributed by atoms with van der Waals surface area (Å²) in [6, 6.07) is 6.57. The Balaban J connectivity index is 1.69. The van der Waals surface area contributed by atoms with Crippen molar-refractivity contribution in [2.75, 3.05) is 32.8 Å². The van der Waals surface area contributed by atoms with Crippen LogP contribution in [-0.4, -0.2) is 47.5 Å². The Morgan fingerprint density at radius 3 is 2.64 bits per heavy atom. The van der Waals surface area contributed by atoms with Crippen LogP contribution in [0.4, 0.5) is 0 Å². The van der Waals surface area contributed by atoms with Gasteiger partial charge in [0.15, 0.2) is 0 Å². The first-order valence-corrected chi connectivity index (χ1v) is 8.31. The summed E-state index contributed by atoms with van der Waals surface area (Å²) in [5, 5.41) is 5.92. The van der Waals surface area contributed by atoms with Crippen LogP contribution in [0, 0.1) is 0 Å². The minimum absolute atomic E-state index is 0.154. The number of hydrogen-bond donors (Lipinski definition) is 0. The second-order valence-corrected chi connectivity index (χ2v) is 7.16. The molecule has 1 aromatic carbocycles. The second kappa shape index (κ2) is 6.39. The van der Waals surface area contributed by atoms with Crippen molar-refractivity contribution in [1.29, 1.82) is 0 Å². The summed E-state index contributed by atoms with van der Waals surface area (Å²) < 4.78 is 7.55. The van der Waals surface area contributed by atoms with Crippen molar-refractivity contribution in [1.82, 2.24) is 14.7 Å². The molecule has 0 aliphatic carbocycles. The number of morpholine rings is 1. The summed E-state index contributed by atoms with van der Waals surface area (Å²) in [6.45, 7) is 12.8. The Bertz CT molecular complexity index is 621. The van der Waals surface area contributed by atoms with E-state index in [0.29, 0.717) is 0 Å². The first-order chi connectivity index (χ1) is 10.6. The number of aryl methyl sites for hydroxylation is 1. The smallest absolute Gasteiger partial charge is 0.0685 e. The average molecular weight is 301 g/mol. The Hall–Kier alpha value is -1.39. The van der Waals surface area contributed by atoms with E-state index in [1.807, 2.05) is 6.20 Å². The van der Waals surface area contributed by atoms with Gasteiger partial charge in [0, 0.05) is 31.6 Å². The molecule has 2 heterocycles. The van der Waals surface area contributed by atoms with Crippen LogP contribution >= 0.6 is 0 Å². The highest BCUT2D eigenvalue weighted by atomic mass is 16.5. The summed E-state index contributed by atoms with van der Waals surface area (Å²) in [4.78, 5) is 2.48. The van der Waals surface area contributed by atoms with E-state index >= 15 is 0 Å². The van der Waals surface area contributed by atoms with E-state index in [1.165, 1.54) is 16.5 Å². The molecule has 1 aliphatic rings. The Morgan fingerprint density at radius 1 is 1.14 bits per heavy atom. The van der Waals surface area contributed by atoms with Gasteiger partial charge in [-0.15, -0.1) is 0 Å². The molecule has 0 spiro atoms. The molecule has 4 nitrogen and oxygen atoms in total. The number of rotatable bonds is 4. The SMILES string of the molecule is CC(C)(C)c1cccc2c1cnn2CCCN1CCOCC1. The zero-order valence-corrected chi connectivity index (χ0v) is 14.0. The fourth-order valence-corrected chi connectivity index (χ4v) is 3.20. The number of ether oxygens (including phenoxy) is 1. The van der Waals surface area contributed by atoms with E-state index in [0.717, 1.165) is 45.8 Å². The maximum atomic E-state index is 5.40. The highest BCUT2D eigenvalue weighted by Gasteiger charge is 2.18. The zero-order valence-electron chi connectivity index (χ0n) is 14.0. The van der Waals surface area contributed by atoms with Crippen molar-refractivity contribution in [3.8, 4) is 0 Å². The first-order valence-electron chi connectivity index (χ1n) is 8.31. The minimum atomic E-state index is 0.154. The van der Waals surface area contributed by atoms with Gasteiger partial charge in [-0.2, -0.15) is 5.10 Å². The quantitative estimate of drug-likeness (QED) is 0.869. The molecule has 22 heavy (non-hydrogen) atoms. The lowest BCUT2D eigenvalue weighted by atomic mass is 9.85. The number of hydrogen-bond acceptors (Lipinski definition) is 3. The van der Waals surface area contributed by atoms with Crippen LogP contribution in [0.1, 0.15) is 32.8 Å². The van der Waals surface area contributed by atoms with E-state index in [1.54, 1.807) is 0 Å². The van der Waals surface area contributed by atoms with Gasteiger partial charge in [-0.3, -0.25) is 9.58 Å². The van der Waals surface area contributed by atoms with E-state index in [9.17, 15) is 0 Å². The molecule has 120 valence electrons. The topological polar surface area (TPSA) is 30.3 Å². The van der Waals surface area contributed by atoms with Gasteiger partial charge in [0.2, 0.25) is 0 Å². The predicted molar refractivity (Wildman–Crippen MR) is 90.3 cm³/mol. The van der Waals surface area contributed by atoms with Gasteiger partial charge in [-0.25, -0.2) is 0 Å². The molecule has 1 fully saturated rings. The molecule has 0 atom stereocenters. The third kappa shape index (κ3) is 3.33. The lowest BCUT2D eigenvalue weighted by Crippen LogP contribution is -2.37. The van der Waals surface area contributed by atoms with Crippen LogP contribution in [0.3, 0.4) is 0 Å². The van der Waals surface area contributed by atoms with Crippen molar-refractivity contribution in [2.45, 2.75) is 39.2 Å². The van der Waals surface area contributed by atoms with Crippen LogP contribution in [0.5, 0.6) is 0 Å². The van der Waals surface area contributed by atoms with Gasteiger partial charge < -0.3 is 4.74 Å². The largest absolute Gasteiger partial charge is 0.379 e. The van der Waals surface area contributed by atoms with Crippen LogP contribution in [0.15, 0.2) is 24.4 Å². The average Bonchev–Trinajstić information content (AvgIpc) is 2.91.